The van der Waals surface area contributed by atoms with Gasteiger partial charge in [-0.25, -0.2) is 4.68 Å². The average molecular weight is 333 g/mol. The Morgan fingerprint density at radius 1 is 1.00 bits per heavy atom. The molecule has 0 aliphatic heterocycles. The molecule has 1 amide bonds. The van der Waals surface area contributed by atoms with E-state index in [1.165, 1.54) is 11.1 Å². The minimum atomic E-state index is -0.00521. The highest BCUT2D eigenvalue weighted by molar-refractivity contribution is 5.90. The van der Waals surface area contributed by atoms with Crippen LogP contribution >= 0.6 is 0 Å². The maximum Gasteiger partial charge on any atom is 0.225 e. The molecule has 0 bridgehead atoms. The van der Waals surface area contributed by atoms with Crippen LogP contribution in [0.2, 0.25) is 0 Å². The van der Waals surface area contributed by atoms with E-state index in [9.17, 15) is 4.79 Å². The van der Waals surface area contributed by atoms with E-state index in [0.717, 1.165) is 23.4 Å². The second-order valence-electron chi connectivity index (χ2n) is 6.46. The summed E-state index contributed by atoms with van der Waals surface area (Å²) < 4.78 is 1.80. The van der Waals surface area contributed by atoms with Gasteiger partial charge in [-0.15, -0.1) is 0 Å². The normalized spacial score (nSPS) is 10.7. The number of hydrogen-bond acceptors (Lipinski definition) is 2. The van der Waals surface area contributed by atoms with E-state index in [1.807, 2.05) is 43.3 Å². The van der Waals surface area contributed by atoms with Crippen LogP contribution in [0.1, 0.15) is 28.8 Å². The van der Waals surface area contributed by atoms with Gasteiger partial charge < -0.3 is 5.32 Å². The van der Waals surface area contributed by atoms with Crippen molar-refractivity contribution in [2.75, 3.05) is 5.32 Å². The van der Waals surface area contributed by atoms with Crippen LogP contribution in [-0.4, -0.2) is 15.7 Å². The van der Waals surface area contributed by atoms with Gasteiger partial charge in [0, 0.05) is 12.5 Å². The second kappa shape index (κ2) is 7.34. The van der Waals surface area contributed by atoms with Crippen molar-refractivity contribution < 1.29 is 4.79 Å². The number of benzene rings is 2. The lowest BCUT2D eigenvalue weighted by Crippen LogP contribution is -2.15. The lowest BCUT2D eigenvalue weighted by atomic mass is 10.1. The van der Waals surface area contributed by atoms with Gasteiger partial charge in [0.15, 0.2) is 0 Å². The maximum atomic E-state index is 12.4. The Labute approximate surface area is 148 Å². The maximum absolute atomic E-state index is 12.4. The topological polar surface area (TPSA) is 46.9 Å². The van der Waals surface area contributed by atoms with E-state index in [1.54, 1.807) is 4.68 Å². The molecule has 128 valence electrons. The first-order valence-corrected chi connectivity index (χ1v) is 8.50. The lowest BCUT2D eigenvalue weighted by molar-refractivity contribution is -0.116. The fraction of sp³-hybridized carbons (Fsp3) is 0.238. The summed E-state index contributed by atoms with van der Waals surface area (Å²) in [6, 6.07) is 18.2. The minimum absolute atomic E-state index is 0.00521. The first-order chi connectivity index (χ1) is 12.0. The van der Waals surface area contributed by atoms with Crippen molar-refractivity contribution in [1.82, 2.24) is 9.78 Å². The molecule has 0 fully saturated rings. The molecule has 4 heteroatoms. The third kappa shape index (κ3) is 4.35. The molecule has 0 saturated heterocycles. The van der Waals surface area contributed by atoms with Gasteiger partial charge >= 0.3 is 0 Å². The van der Waals surface area contributed by atoms with E-state index in [2.05, 4.69) is 42.5 Å². The van der Waals surface area contributed by atoms with Gasteiger partial charge in [-0.1, -0.05) is 36.4 Å². The van der Waals surface area contributed by atoms with Gasteiger partial charge in [0.05, 0.1) is 11.4 Å². The van der Waals surface area contributed by atoms with E-state index in [-0.39, 0.29) is 5.91 Å². The summed E-state index contributed by atoms with van der Waals surface area (Å²) in [6.07, 6.45) is 1.17. The number of nitrogens with zero attached hydrogens (tertiary/aromatic N) is 2. The molecule has 1 heterocycles. The number of carbonyl (C=O) groups excluding carboxylic acids is 1. The number of aryl methyl sites for hydroxylation is 4. The summed E-state index contributed by atoms with van der Waals surface area (Å²) in [6.45, 7) is 6.05. The summed E-state index contributed by atoms with van der Waals surface area (Å²) in [5.41, 5.74) is 5.34. The zero-order chi connectivity index (χ0) is 17.8. The number of anilines is 1. The smallest absolute Gasteiger partial charge is 0.225 e. The van der Waals surface area contributed by atoms with Crippen LogP contribution in [0.4, 0.5) is 5.82 Å². The molecular weight excluding hydrogens is 310 g/mol. The molecule has 3 aromatic rings. The molecule has 0 saturated carbocycles. The van der Waals surface area contributed by atoms with Gasteiger partial charge in [-0.3, -0.25) is 4.79 Å². The first kappa shape index (κ1) is 17.0. The Hall–Kier alpha value is -2.88. The lowest BCUT2D eigenvalue weighted by Gasteiger charge is -2.10. The fourth-order valence-electron chi connectivity index (χ4n) is 2.97. The summed E-state index contributed by atoms with van der Waals surface area (Å²) in [5, 5.41) is 7.54. The van der Waals surface area contributed by atoms with Crippen LogP contribution in [0.5, 0.6) is 0 Å². The molecule has 0 unspecified atom stereocenters. The van der Waals surface area contributed by atoms with E-state index in [0.29, 0.717) is 12.2 Å². The number of hydrogen-bond donors (Lipinski definition) is 1. The predicted molar refractivity (Wildman–Crippen MR) is 101 cm³/mol. The number of carbonyl (C=O) groups is 1. The molecule has 0 spiro atoms. The van der Waals surface area contributed by atoms with Crippen LogP contribution in [0.25, 0.3) is 5.69 Å². The molecule has 1 aromatic heterocycles. The molecule has 0 radical (unpaired) electrons. The Bertz CT molecular complexity index is 861. The van der Waals surface area contributed by atoms with E-state index in [4.69, 9.17) is 0 Å². The Kier molecular flexibility index (Phi) is 4.98. The quantitative estimate of drug-likeness (QED) is 0.754. The Balaban J connectivity index is 1.75. The van der Waals surface area contributed by atoms with Crippen molar-refractivity contribution >= 4 is 11.7 Å². The van der Waals surface area contributed by atoms with Gasteiger partial charge in [0.25, 0.3) is 0 Å². The number of amides is 1. The van der Waals surface area contributed by atoms with Gasteiger partial charge in [0.1, 0.15) is 5.82 Å². The SMILES string of the molecule is Cc1cc(C)cc(-n2nc(C)cc2NC(=O)CCc2ccccc2)c1. The van der Waals surface area contributed by atoms with Crippen LogP contribution in [0.15, 0.2) is 54.6 Å². The first-order valence-electron chi connectivity index (χ1n) is 8.50. The van der Waals surface area contributed by atoms with Crippen molar-refractivity contribution in [3.05, 3.63) is 77.0 Å². The third-order valence-electron chi connectivity index (χ3n) is 4.03. The van der Waals surface area contributed by atoms with Crippen molar-refractivity contribution in [2.24, 2.45) is 0 Å². The molecule has 0 aliphatic carbocycles. The molecule has 2 aromatic carbocycles. The zero-order valence-electron chi connectivity index (χ0n) is 14.9. The van der Waals surface area contributed by atoms with Crippen molar-refractivity contribution in [3.8, 4) is 5.69 Å². The highest BCUT2D eigenvalue weighted by Crippen LogP contribution is 2.20. The van der Waals surface area contributed by atoms with Crippen LogP contribution in [0, 0.1) is 20.8 Å². The fourth-order valence-corrected chi connectivity index (χ4v) is 2.97. The van der Waals surface area contributed by atoms with Crippen LogP contribution in [-0.2, 0) is 11.2 Å². The minimum Gasteiger partial charge on any atom is -0.311 e. The summed E-state index contributed by atoms with van der Waals surface area (Å²) >= 11 is 0. The highest BCUT2D eigenvalue weighted by Gasteiger charge is 2.11. The average Bonchev–Trinajstić information content (AvgIpc) is 2.93. The number of rotatable bonds is 5. The van der Waals surface area contributed by atoms with E-state index < -0.39 is 0 Å². The number of nitrogens with one attached hydrogen (secondary N) is 1. The van der Waals surface area contributed by atoms with Crippen LogP contribution < -0.4 is 5.32 Å². The Morgan fingerprint density at radius 2 is 1.68 bits per heavy atom. The predicted octanol–water partition coefficient (Wildman–Crippen LogP) is 4.37. The standard InChI is InChI=1S/C21H23N3O/c1-15-11-16(2)13-19(12-15)24-20(14-17(3)23-24)22-21(25)10-9-18-7-5-4-6-8-18/h4-8,11-14H,9-10H2,1-3H3,(H,22,25). The summed E-state index contributed by atoms with van der Waals surface area (Å²) in [7, 11) is 0. The monoisotopic (exact) mass is 333 g/mol. The van der Waals surface area contributed by atoms with Gasteiger partial charge in [-0.2, -0.15) is 5.10 Å². The van der Waals surface area contributed by atoms with Crippen molar-refractivity contribution in [1.29, 1.82) is 0 Å². The number of aromatic nitrogens is 2. The molecular formula is C21H23N3O. The molecule has 0 aliphatic rings. The van der Waals surface area contributed by atoms with Gasteiger partial charge in [0.2, 0.25) is 5.91 Å². The molecule has 0 atom stereocenters. The third-order valence-corrected chi connectivity index (χ3v) is 4.03. The van der Waals surface area contributed by atoms with Crippen molar-refractivity contribution in [3.63, 3.8) is 0 Å². The molecule has 25 heavy (non-hydrogen) atoms. The van der Waals surface area contributed by atoms with Crippen molar-refractivity contribution in [2.45, 2.75) is 33.6 Å². The van der Waals surface area contributed by atoms with Crippen LogP contribution in [0.3, 0.4) is 0 Å². The highest BCUT2D eigenvalue weighted by atomic mass is 16.1. The summed E-state index contributed by atoms with van der Waals surface area (Å²) in [4.78, 5) is 12.4. The largest absolute Gasteiger partial charge is 0.311 e. The second-order valence-corrected chi connectivity index (χ2v) is 6.46. The van der Waals surface area contributed by atoms with E-state index >= 15 is 0 Å². The zero-order valence-corrected chi connectivity index (χ0v) is 14.9. The Morgan fingerprint density at radius 3 is 2.36 bits per heavy atom. The summed E-state index contributed by atoms with van der Waals surface area (Å²) in [5.74, 6) is 0.704. The molecule has 1 N–H and O–H groups in total. The van der Waals surface area contributed by atoms with Gasteiger partial charge in [-0.05, 0) is 56.0 Å². The molecule has 3 rings (SSSR count). The molecule has 4 nitrogen and oxygen atoms in total.